The molecule has 0 radical (unpaired) electrons. The van der Waals surface area contributed by atoms with Crippen LogP contribution in [0.4, 0.5) is 0 Å². The Balaban J connectivity index is 5.43. The molecule has 0 atom stereocenters. The molecule has 0 aliphatic heterocycles. The monoisotopic (exact) mass is 423 g/mol. The lowest BCUT2D eigenvalue weighted by Crippen LogP contribution is -2.36. The summed E-state index contributed by atoms with van der Waals surface area (Å²) in [7, 11) is -21.3. The van der Waals surface area contributed by atoms with Crippen molar-refractivity contribution in [3.8, 4) is 0 Å². The van der Waals surface area contributed by atoms with Crippen LogP contribution in [0.5, 0.6) is 0 Å². The summed E-state index contributed by atoms with van der Waals surface area (Å²) in [5, 5.41) is 5.73. The maximum absolute atomic E-state index is 11.1. The minimum Gasteiger partial charge on any atom is -0.367 e. The average Bonchev–Trinajstić information content (AvgIpc) is 2.17. The molecule has 0 spiro atoms. The lowest BCUT2D eigenvalue weighted by atomic mass is 10.4. The molecule has 0 saturated carbocycles. The fraction of sp³-hybridized carbons (Fsp3) is 1.00. The van der Waals surface area contributed by atoms with E-state index >= 15 is 0 Å². The molecule has 0 aliphatic rings. The van der Waals surface area contributed by atoms with Crippen molar-refractivity contribution < 1.29 is 62.5 Å². The van der Waals surface area contributed by atoms with Gasteiger partial charge in [0.1, 0.15) is 12.6 Å². The average molecular weight is 423 g/mol. The van der Waals surface area contributed by atoms with Crippen LogP contribution in [0, 0.1) is 0 Å². The quantitative estimate of drug-likeness (QED) is 0.181. The first-order chi connectivity index (χ1) is 9.79. The summed E-state index contributed by atoms with van der Waals surface area (Å²) in [6.45, 7) is -1.02. The number of rotatable bonds is 9. The van der Waals surface area contributed by atoms with Gasteiger partial charge in [0, 0.05) is 13.0 Å². The number of aliphatic hydroxyl groups is 1. The number of hydrogen-bond donors (Lipinski definition) is 9. The van der Waals surface area contributed by atoms with E-state index in [4.69, 9.17) is 39.1 Å². The summed E-state index contributed by atoms with van der Waals surface area (Å²) in [5.74, 6) is 0. The molecule has 14 nitrogen and oxygen atoms in total. The second kappa shape index (κ2) is 7.41. The van der Waals surface area contributed by atoms with Crippen LogP contribution in [-0.2, 0) is 18.3 Å². The second-order valence-corrected chi connectivity index (χ2v) is 11.9. The van der Waals surface area contributed by atoms with Gasteiger partial charge in [-0.1, -0.05) is 0 Å². The summed E-state index contributed by atoms with van der Waals surface area (Å²) in [4.78, 5) is 71.0. The van der Waals surface area contributed by atoms with Crippen LogP contribution in [-0.4, -0.2) is 73.4 Å². The van der Waals surface area contributed by atoms with Gasteiger partial charge in [0.25, 0.3) is 5.08 Å². The highest BCUT2D eigenvalue weighted by Crippen LogP contribution is 2.69. The van der Waals surface area contributed by atoms with E-state index in [-0.39, 0.29) is 0 Å². The molecule has 9 N–H and O–H groups in total. The molecule has 0 bridgehead atoms. The lowest BCUT2D eigenvalue weighted by Gasteiger charge is -2.31. The minimum atomic E-state index is -5.79. The largest absolute Gasteiger partial charge is 0.369 e. The SMILES string of the molecule is O=P(O)(O)CN(CCC(O)(P(=O)(O)O)P(=O)(O)O)CP(=O)(O)O. The van der Waals surface area contributed by atoms with Crippen LogP contribution in [0.3, 0.4) is 0 Å². The maximum Gasteiger partial charge on any atom is 0.369 e. The number of hydrogen-bond acceptors (Lipinski definition) is 6. The molecule has 0 aliphatic carbocycles. The van der Waals surface area contributed by atoms with Gasteiger partial charge in [0.15, 0.2) is 0 Å². The summed E-state index contributed by atoms with van der Waals surface area (Å²) in [6.07, 6.45) is -3.94. The Bertz CT molecular complexity index is 547. The first-order valence-electron chi connectivity index (χ1n) is 5.44. The standard InChI is InChI=1S/C5H17NO13P4/c7-5(22(14,15)16,23(17,18)19)1-2-6(3-20(8,9)10)4-21(11,12)13/h7H,1-4H2,(H2,8,9,10)(H2,11,12,13)(H2,14,15,16)(H2,17,18,19). The maximum atomic E-state index is 11.1. The third-order valence-electron chi connectivity index (χ3n) is 2.46. The van der Waals surface area contributed by atoms with E-state index in [1.807, 2.05) is 0 Å². The molecule has 0 aromatic rings. The third kappa shape index (κ3) is 7.96. The van der Waals surface area contributed by atoms with Crippen molar-refractivity contribution >= 4 is 30.4 Å². The minimum absolute atomic E-state index is 0.331. The zero-order valence-corrected chi connectivity index (χ0v) is 14.8. The van der Waals surface area contributed by atoms with Crippen molar-refractivity contribution in [3.05, 3.63) is 0 Å². The molecule has 0 saturated heterocycles. The zero-order chi connectivity index (χ0) is 18.9. The van der Waals surface area contributed by atoms with Crippen LogP contribution < -0.4 is 0 Å². The molecule has 0 unspecified atom stereocenters. The molecule has 18 heteroatoms. The van der Waals surface area contributed by atoms with Crippen molar-refractivity contribution in [3.63, 3.8) is 0 Å². The van der Waals surface area contributed by atoms with Gasteiger partial charge in [-0.15, -0.1) is 0 Å². The van der Waals surface area contributed by atoms with Gasteiger partial charge in [-0.2, -0.15) is 0 Å². The summed E-state index contributed by atoms with van der Waals surface area (Å²) in [5.41, 5.74) is 0. The topological polar surface area (TPSA) is 254 Å². The van der Waals surface area contributed by atoms with Crippen molar-refractivity contribution in [2.45, 2.75) is 11.5 Å². The fourth-order valence-electron chi connectivity index (χ4n) is 1.48. The van der Waals surface area contributed by atoms with Gasteiger partial charge >= 0.3 is 30.4 Å². The van der Waals surface area contributed by atoms with Crippen molar-refractivity contribution in [1.82, 2.24) is 4.90 Å². The Labute approximate surface area is 129 Å². The Kier molecular flexibility index (Phi) is 7.58. The van der Waals surface area contributed by atoms with E-state index in [0.717, 1.165) is 0 Å². The van der Waals surface area contributed by atoms with Crippen molar-refractivity contribution in [1.29, 1.82) is 0 Å². The van der Waals surface area contributed by atoms with Crippen LogP contribution in [0.25, 0.3) is 0 Å². The molecular formula is C5H17NO13P4. The molecule has 23 heavy (non-hydrogen) atoms. The van der Waals surface area contributed by atoms with E-state index in [0.29, 0.717) is 4.90 Å². The normalized spacial score (nSPS) is 15.2. The van der Waals surface area contributed by atoms with E-state index in [9.17, 15) is 23.4 Å². The lowest BCUT2D eigenvalue weighted by molar-refractivity contribution is 0.112. The summed E-state index contributed by atoms with van der Waals surface area (Å²) in [6, 6.07) is 0. The van der Waals surface area contributed by atoms with Crippen LogP contribution >= 0.6 is 30.4 Å². The van der Waals surface area contributed by atoms with Gasteiger partial charge in [-0.3, -0.25) is 23.2 Å². The van der Waals surface area contributed by atoms with E-state index in [2.05, 4.69) is 0 Å². The van der Waals surface area contributed by atoms with Crippen molar-refractivity contribution in [2.75, 3.05) is 19.1 Å². The first kappa shape index (κ1) is 23.5. The first-order valence-corrected chi connectivity index (χ1v) is 12.3. The zero-order valence-electron chi connectivity index (χ0n) is 11.2. The van der Waals surface area contributed by atoms with Gasteiger partial charge in [0.2, 0.25) is 0 Å². The van der Waals surface area contributed by atoms with E-state index in [1.54, 1.807) is 0 Å². The van der Waals surface area contributed by atoms with Crippen LogP contribution in [0.1, 0.15) is 6.42 Å². The number of nitrogens with zero attached hydrogens (tertiary/aromatic N) is 1. The van der Waals surface area contributed by atoms with Gasteiger partial charge in [-0.05, 0) is 0 Å². The van der Waals surface area contributed by atoms with E-state index < -0.39 is 61.0 Å². The highest BCUT2D eigenvalue weighted by atomic mass is 31.2. The van der Waals surface area contributed by atoms with Crippen LogP contribution in [0.2, 0.25) is 0 Å². The van der Waals surface area contributed by atoms with Crippen molar-refractivity contribution in [2.24, 2.45) is 0 Å². The highest BCUT2D eigenvalue weighted by molar-refractivity contribution is 7.72. The molecule has 0 heterocycles. The Morgan fingerprint density at radius 3 is 1.22 bits per heavy atom. The Morgan fingerprint density at radius 2 is 1.00 bits per heavy atom. The van der Waals surface area contributed by atoms with E-state index in [1.165, 1.54) is 0 Å². The summed E-state index contributed by atoms with van der Waals surface area (Å²) >= 11 is 0. The summed E-state index contributed by atoms with van der Waals surface area (Å²) < 4.78 is 44.0. The molecule has 0 aromatic heterocycles. The highest BCUT2D eigenvalue weighted by Gasteiger charge is 2.59. The molecule has 0 amide bonds. The molecule has 140 valence electrons. The van der Waals surface area contributed by atoms with Gasteiger partial charge < -0.3 is 44.3 Å². The predicted octanol–water partition coefficient (Wildman–Crippen LogP) is -2.05. The van der Waals surface area contributed by atoms with Gasteiger partial charge in [-0.25, -0.2) is 0 Å². The second-order valence-electron chi connectivity index (χ2n) is 4.62. The Hall–Kier alpha value is 0.520. The smallest absolute Gasteiger partial charge is 0.367 e. The van der Waals surface area contributed by atoms with Gasteiger partial charge in [0.05, 0.1) is 0 Å². The predicted molar refractivity (Wildman–Crippen MR) is 74.2 cm³/mol. The van der Waals surface area contributed by atoms with Crippen LogP contribution in [0.15, 0.2) is 0 Å². The third-order valence-corrected chi connectivity index (χ3v) is 7.88. The molecule has 0 rings (SSSR count). The Morgan fingerprint density at radius 1 is 0.696 bits per heavy atom. The fourth-order valence-corrected chi connectivity index (χ4v) is 5.30. The molecular weight excluding hydrogens is 406 g/mol. The molecule has 0 aromatic carbocycles. The molecule has 0 fully saturated rings.